The molecule has 5 heteroatoms. The number of cyclic esters (lactones) is 1. The molecule has 0 aliphatic carbocycles. The molecule has 0 bridgehead atoms. The Morgan fingerprint density at radius 2 is 2.38 bits per heavy atom. The largest absolute Gasteiger partial charge is 0.479 e. The molecule has 4 nitrogen and oxygen atoms in total. The summed E-state index contributed by atoms with van der Waals surface area (Å²) in [6.07, 6.45) is 0.0521. The number of carbonyl (C=O) groups excluding carboxylic acids is 1. The zero-order chi connectivity index (χ0) is 11.5. The lowest BCUT2D eigenvalue weighted by Crippen LogP contribution is -2.21. The van der Waals surface area contributed by atoms with E-state index in [2.05, 4.69) is 15.9 Å². The van der Waals surface area contributed by atoms with Crippen LogP contribution in [0, 0.1) is 0 Å². The molecule has 86 valence electrons. The molecule has 0 aromatic heterocycles. The minimum Gasteiger partial charge on any atom is -0.479 e. The molecule has 2 rings (SSSR count). The minimum atomic E-state index is -0.521. The van der Waals surface area contributed by atoms with E-state index in [0.717, 1.165) is 10.0 Å². The summed E-state index contributed by atoms with van der Waals surface area (Å²) in [5, 5.41) is 9.08. The van der Waals surface area contributed by atoms with Gasteiger partial charge in [0.15, 0.2) is 6.10 Å². The van der Waals surface area contributed by atoms with Crippen LogP contribution in [0.25, 0.3) is 0 Å². The average molecular weight is 287 g/mol. The molecule has 1 atom stereocenters. The van der Waals surface area contributed by atoms with Crippen molar-refractivity contribution in [2.45, 2.75) is 19.1 Å². The Balaban J connectivity index is 2.12. The van der Waals surface area contributed by atoms with Gasteiger partial charge in [-0.25, -0.2) is 4.79 Å². The van der Waals surface area contributed by atoms with Crippen molar-refractivity contribution >= 4 is 21.9 Å². The van der Waals surface area contributed by atoms with Gasteiger partial charge in [-0.15, -0.1) is 0 Å². The third-order valence-corrected chi connectivity index (χ3v) is 3.13. The van der Waals surface area contributed by atoms with Crippen LogP contribution in [0.1, 0.15) is 12.0 Å². The van der Waals surface area contributed by atoms with Crippen molar-refractivity contribution < 1.29 is 19.4 Å². The first-order valence-electron chi connectivity index (χ1n) is 4.93. The highest BCUT2D eigenvalue weighted by Crippen LogP contribution is 2.24. The van der Waals surface area contributed by atoms with E-state index in [4.69, 9.17) is 14.6 Å². The monoisotopic (exact) mass is 286 g/mol. The molecule has 1 aromatic rings. The molecule has 1 N–H and O–H groups in total. The maximum absolute atomic E-state index is 11.2. The number of benzene rings is 1. The highest BCUT2D eigenvalue weighted by Gasteiger charge is 2.28. The summed E-state index contributed by atoms with van der Waals surface area (Å²) < 4.78 is 11.1. The van der Waals surface area contributed by atoms with Crippen molar-refractivity contribution in [1.82, 2.24) is 0 Å². The fraction of sp³-hybridized carbons (Fsp3) is 0.364. The number of esters is 1. The van der Waals surface area contributed by atoms with Crippen LogP contribution in [-0.4, -0.2) is 23.8 Å². The molecule has 1 aliphatic rings. The number of ether oxygens (including phenoxy) is 2. The Morgan fingerprint density at radius 3 is 3.00 bits per heavy atom. The molecule has 0 spiro atoms. The lowest BCUT2D eigenvalue weighted by Gasteiger charge is -2.11. The van der Waals surface area contributed by atoms with E-state index in [-0.39, 0.29) is 12.6 Å². The normalized spacial score (nSPS) is 19.6. The Kier molecular flexibility index (Phi) is 3.46. The Labute approximate surface area is 101 Å². The van der Waals surface area contributed by atoms with Gasteiger partial charge in [-0.05, 0) is 23.8 Å². The zero-order valence-electron chi connectivity index (χ0n) is 8.48. The van der Waals surface area contributed by atoms with Crippen LogP contribution in [-0.2, 0) is 16.1 Å². The van der Waals surface area contributed by atoms with Gasteiger partial charge in [-0.3, -0.25) is 0 Å². The van der Waals surface area contributed by atoms with Crippen molar-refractivity contribution in [2.24, 2.45) is 0 Å². The lowest BCUT2D eigenvalue weighted by molar-refractivity contribution is -0.143. The summed E-state index contributed by atoms with van der Waals surface area (Å²) in [7, 11) is 0. The van der Waals surface area contributed by atoms with Crippen molar-refractivity contribution in [3.63, 3.8) is 0 Å². The topological polar surface area (TPSA) is 55.8 Å². The van der Waals surface area contributed by atoms with Crippen molar-refractivity contribution in [3.05, 3.63) is 28.2 Å². The van der Waals surface area contributed by atoms with Crippen molar-refractivity contribution in [3.8, 4) is 5.75 Å². The molecule has 1 aliphatic heterocycles. The van der Waals surface area contributed by atoms with Crippen molar-refractivity contribution in [1.29, 1.82) is 0 Å². The predicted octanol–water partition coefficient (Wildman–Crippen LogP) is 1.64. The fourth-order valence-electron chi connectivity index (χ4n) is 1.49. The lowest BCUT2D eigenvalue weighted by atomic mass is 10.2. The summed E-state index contributed by atoms with van der Waals surface area (Å²) in [5.41, 5.74) is 0.726. The fourth-order valence-corrected chi connectivity index (χ4v) is 1.87. The number of aliphatic hydroxyl groups is 1. The number of halogens is 1. The molecule has 1 fully saturated rings. The second-order valence-electron chi connectivity index (χ2n) is 3.47. The van der Waals surface area contributed by atoms with E-state index < -0.39 is 6.10 Å². The minimum absolute atomic E-state index is 0.0765. The van der Waals surface area contributed by atoms with Gasteiger partial charge in [0.1, 0.15) is 5.75 Å². The van der Waals surface area contributed by atoms with Gasteiger partial charge < -0.3 is 14.6 Å². The average Bonchev–Trinajstić information content (AvgIpc) is 2.67. The molecule has 0 saturated carbocycles. The summed E-state index contributed by atoms with van der Waals surface area (Å²) in [4.78, 5) is 11.2. The summed E-state index contributed by atoms with van der Waals surface area (Å²) in [6.45, 7) is 0.333. The van der Waals surface area contributed by atoms with Crippen molar-refractivity contribution in [2.75, 3.05) is 6.61 Å². The molecular formula is C11H11BrO4. The van der Waals surface area contributed by atoms with E-state index in [9.17, 15) is 4.79 Å². The van der Waals surface area contributed by atoms with E-state index >= 15 is 0 Å². The number of hydrogen-bond acceptors (Lipinski definition) is 4. The maximum atomic E-state index is 11.2. The highest BCUT2D eigenvalue weighted by atomic mass is 79.9. The van der Waals surface area contributed by atoms with Crippen LogP contribution in [0.2, 0.25) is 0 Å². The summed E-state index contributed by atoms with van der Waals surface area (Å²) in [6, 6.07) is 5.23. The van der Waals surface area contributed by atoms with Gasteiger partial charge in [0.25, 0.3) is 0 Å². The van der Waals surface area contributed by atoms with Gasteiger partial charge in [0.05, 0.1) is 13.2 Å². The molecular weight excluding hydrogens is 276 g/mol. The third kappa shape index (κ3) is 2.36. The second-order valence-corrected chi connectivity index (χ2v) is 4.33. The Hall–Kier alpha value is -1.07. The predicted molar refractivity (Wildman–Crippen MR) is 60.1 cm³/mol. The first kappa shape index (κ1) is 11.4. The first-order valence-corrected chi connectivity index (χ1v) is 5.72. The highest BCUT2D eigenvalue weighted by molar-refractivity contribution is 9.10. The van der Waals surface area contributed by atoms with Crippen LogP contribution in [0.3, 0.4) is 0 Å². The molecule has 0 radical (unpaired) electrons. The van der Waals surface area contributed by atoms with E-state index in [1.807, 2.05) is 0 Å². The van der Waals surface area contributed by atoms with Gasteiger partial charge in [0, 0.05) is 10.9 Å². The number of carbonyl (C=O) groups is 1. The van der Waals surface area contributed by atoms with E-state index in [1.54, 1.807) is 18.2 Å². The number of hydrogen-bond donors (Lipinski definition) is 1. The second kappa shape index (κ2) is 4.84. The molecule has 1 unspecified atom stereocenters. The van der Waals surface area contributed by atoms with E-state index in [0.29, 0.717) is 18.8 Å². The van der Waals surface area contributed by atoms with Gasteiger partial charge in [0.2, 0.25) is 0 Å². The standard InChI is InChI=1S/C11H11BrO4/c12-9-2-1-8(5-7(9)6-13)16-10-3-4-15-11(10)14/h1-2,5,10,13H,3-4,6H2. The molecule has 1 saturated heterocycles. The van der Waals surface area contributed by atoms with Crippen LogP contribution in [0.5, 0.6) is 5.75 Å². The Morgan fingerprint density at radius 1 is 1.56 bits per heavy atom. The van der Waals surface area contributed by atoms with Crippen LogP contribution in [0.15, 0.2) is 22.7 Å². The number of rotatable bonds is 3. The first-order chi connectivity index (χ1) is 7.70. The maximum Gasteiger partial charge on any atom is 0.347 e. The summed E-state index contributed by atoms with van der Waals surface area (Å²) in [5.74, 6) is 0.240. The molecule has 1 aromatic carbocycles. The van der Waals surface area contributed by atoms with Gasteiger partial charge in [-0.2, -0.15) is 0 Å². The molecule has 1 heterocycles. The van der Waals surface area contributed by atoms with Gasteiger partial charge >= 0.3 is 5.97 Å². The zero-order valence-corrected chi connectivity index (χ0v) is 10.1. The summed E-state index contributed by atoms with van der Waals surface area (Å²) >= 11 is 3.31. The number of aliphatic hydroxyl groups excluding tert-OH is 1. The van der Waals surface area contributed by atoms with Crippen LogP contribution >= 0.6 is 15.9 Å². The Bertz CT molecular complexity index is 405. The smallest absolute Gasteiger partial charge is 0.347 e. The van der Waals surface area contributed by atoms with Gasteiger partial charge in [-0.1, -0.05) is 15.9 Å². The van der Waals surface area contributed by atoms with E-state index in [1.165, 1.54) is 0 Å². The third-order valence-electron chi connectivity index (χ3n) is 2.35. The molecule has 0 amide bonds. The molecule has 16 heavy (non-hydrogen) atoms. The SMILES string of the molecule is O=C1OCCC1Oc1ccc(Br)c(CO)c1. The van der Waals surface area contributed by atoms with Crippen LogP contribution in [0.4, 0.5) is 0 Å². The van der Waals surface area contributed by atoms with Crippen LogP contribution < -0.4 is 4.74 Å². The quantitative estimate of drug-likeness (QED) is 0.859.